The molecule has 1 aliphatic carbocycles. The molecule has 1 rings (SSSR count). The molecule has 0 saturated heterocycles. The normalized spacial score (nSPS) is 18.4. The van der Waals surface area contributed by atoms with Crippen molar-refractivity contribution in [2.24, 2.45) is 22.8 Å². The van der Waals surface area contributed by atoms with Gasteiger partial charge in [-0.05, 0) is 46.0 Å². The van der Waals surface area contributed by atoms with Crippen LogP contribution in [0.1, 0.15) is 78.6 Å². The number of carbonyl (C=O) groups excluding carboxylic acids is 3. The quantitative estimate of drug-likeness (QED) is 0.139. The van der Waals surface area contributed by atoms with Gasteiger partial charge < -0.3 is 16.2 Å². The van der Waals surface area contributed by atoms with Gasteiger partial charge >= 0.3 is 22.4 Å². The van der Waals surface area contributed by atoms with Crippen LogP contribution in [0.25, 0.3) is 0 Å². The molecular formula is C22H42N4O9S. The molecule has 0 atom stereocenters. The van der Waals surface area contributed by atoms with Gasteiger partial charge in [-0.1, -0.05) is 32.6 Å². The van der Waals surface area contributed by atoms with Gasteiger partial charge in [0.15, 0.2) is 0 Å². The standard InChI is InChI=1S/C22H42N4O9S/c1-4-5-6-7-8-14-32-20(28)22(2,3)16-34-36(30,31)35-26(21(24)29)18-11-9-17(10-12-18)19(27)25-33-15-13-23/h17-18H,4-16,23H2,1-3H3,(H2,24,29)(H,25,27)/t17-,18-. The number of rotatable bonds is 17. The first-order valence-corrected chi connectivity index (χ1v) is 13.7. The zero-order chi connectivity index (χ0) is 27.2. The van der Waals surface area contributed by atoms with Crippen LogP contribution in [0.4, 0.5) is 4.79 Å². The summed E-state index contributed by atoms with van der Waals surface area (Å²) in [5.74, 6) is -1.30. The summed E-state index contributed by atoms with van der Waals surface area (Å²) in [4.78, 5) is 41.3. The Balaban J connectivity index is 2.55. The van der Waals surface area contributed by atoms with Crippen molar-refractivity contribution in [2.75, 3.05) is 26.4 Å². The first-order chi connectivity index (χ1) is 16.9. The molecule has 3 amide bonds. The van der Waals surface area contributed by atoms with Crippen molar-refractivity contribution in [3.63, 3.8) is 0 Å². The third kappa shape index (κ3) is 11.8. The zero-order valence-corrected chi connectivity index (χ0v) is 22.3. The summed E-state index contributed by atoms with van der Waals surface area (Å²) in [5.41, 5.74) is 11.7. The number of primary amides is 1. The number of urea groups is 1. The Morgan fingerprint density at radius 2 is 1.67 bits per heavy atom. The molecule has 0 aromatic heterocycles. The van der Waals surface area contributed by atoms with Crippen molar-refractivity contribution in [1.82, 2.24) is 10.5 Å². The van der Waals surface area contributed by atoms with Crippen LogP contribution in [0.15, 0.2) is 0 Å². The summed E-state index contributed by atoms with van der Waals surface area (Å²) in [7, 11) is -4.72. The van der Waals surface area contributed by atoms with Gasteiger partial charge in [0.05, 0.1) is 31.3 Å². The minimum atomic E-state index is -4.72. The van der Waals surface area contributed by atoms with Crippen LogP contribution < -0.4 is 16.9 Å². The topological polar surface area (TPSA) is 190 Å². The van der Waals surface area contributed by atoms with E-state index >= 15 is 0 Å². The number of esters is 1. The largest absolute Gasteiger partial charge is 0.465 e. The number of carbonyl (C=O) groups is 3. The monoisotopic (exact) mass is 538 g/mol. The summed E-state index contributed by atoms with van der Waals surface area (Å²) in [5, 5.41) is 0.538. The third-order valence-electron chi connectivity index (χ3n) is 5.78. The maximum absolute atomic E-state index is 12.4. The van der Waals surface area contributed by atoms with E-state index in [1.54, 1.807) is 0 Å². The number of hydrogen-bond donors (Lipinski definition) is 3. The van der Waals surface area contributed by atoms with Gasteiger partial charge in [-0.3, -0.25) is 14.4 Å². The summed E-state index contributed by atoms with van der Waals surface area (Å²) >= 11 is 0. The summed E-state index contributed by atoms with van der Waals surface area (Å²) in [6, 6.07) is -1.80. The molecule has 0 aromatic carbocycles. The van der Waals surface area contributed by atoms with E-state index < -0.39 is 40.5 Å². The van der Waals surface area contributed by atoms with E-state index in [2.05, 4.69) is 12.4 Å². The second-order valence-corrected chi connectivity index (χ2v) is 10.7. The highest BCUT2D eigenvalue weighted by atomic mass is 32.3. The average Bonchev–Trinajstić information content (AvgIpc) is 2.83. The molecule has 0 spiro atoms. The second kappa shape index (κ2) is 16.0. The lowest BCUT2D eigenvalue weighted by Gasteiger charge is -2.33. The molecule has 0 aliphatic heterocycles. The minimum Gasteiger partial charge on any atom is -0.465 e. The molecule has 14 heteroatoms. The lowest BCUT2D eigenvalue weighted by molar-refractivity contribution is -0.156. The van der Waals surface area contributed by atoms with Gasteiger partial charge in [0.1, 0.15) is 0 Å². The molecule has 1 fully saturated rings. The smallest absolute Gasteiger partial charge is 0.421 e. The first-order valence-electron chi connectivity index (χ1n) is 12.4. The van der Waals surface area contributed by atoms with E-state index in [0.29, 0.717) is 17.9 Å². The van der Waals surface area contributed by atoms with Gasteiger partial charge in [0.2, 0.25) is 5.91 Å². The Morgan fingerprint density at radius 3 is 2.25 bits per heavy atom. The van der Waals surface area contributed by atoms with Crippen molar-refractivity contribution in [2.45, 2.75) is 84.6 Å². The van der Waals surface area contributed by atoms with Crippen molar-refractivity contribution >= 4 is 28.3 Å². The molecule has 210 valence electrons. The molecule has 5 N–H and O–H groups in total. The summed E-state index contributed by atoms with van der Waals surface area (Å²) in [6.07, 6.45) is 6.20. The predicted octanol–water partition coefficient (Wildman–Crippen LogP) is 1.67. The van der Waals surface area contributed by atoms with Crippen LogP contribution in [0, 0.1) is 11.3 Å². The van der Waals surface area contributed by atoms with E-state index in [1.807, 2.05) is 0 Å². The first kappa shape index (κ1) is 32.0. The van der Waals surface area contributed by atoms with Crippen molar-refractivity contribution in [3.8, 4) is 0 Å². The molecule has 36 heavy (non-hydrogen) atoms. The van der Waals surface area contributed by atoms with Crippen LogP contribution in [0.2, 0.25) is 0 Å². The maximum atomic E-state index is 12.4. The van der Waals surface area contributed by atoms with Gasteiger partial charge in [-0.2, -0.15) is 13.5 Å². The third-order valence-corrected chi connectivity index (χ3v) is 6.53. The Kier molecular flexibility index (Phi) is 14.2. The number of nitrogens with zero attached hydrogens (tertiary/aromatic N) is 1. The average molecular weight is 539 g/mol. The number of unbranched alkanes of at least 4 members (excludes halogenated alkanes) is 4. The van der Waals surface area contributed by atoms with E-state index in [0.717, 1.165) is 32.1 Å². The molecule has 0 heterocycles. The fourth-order valence-electron chi connectivity index (χ4n) is 3.58. The van der Waals surface area contributed by atoms with E-state index in [4.69, 9.17) is 29.5 Å². The highest BCUT2D eigenvalue weighted by Gasteiger charge is 2.37. The predicted molar refractivity (Wildman–Crippen MR) is 130 cm³/mol. The Morgan fingerprint density at radius 1 is 1.03 bits per heavy atom. The number of amides is 3. The number of ether oxygens (including phenoxy) is 1. The number of nitrogens with two attached hydrogens (primary N) is 2. The molecule has 0 bridgehead atoms. The molecule has 1 aliphatic rings. The van der Waals surface area contributed by atoms with E-state index in [-0.39, 0.29) is 44.4 Å². The van der Waals surface area contributed by atoms with Gasteiger partial charge in [-0.15, -0.1) is 4.28 Å². The molecule has 0 aromatic rings. The Labute approximate surface area is 213 Å². The lowest BCUT2D eigenvalue weighted by Crippen LogP contribution is -2.48. The molecule has 13 nitrogen and oxygen atoms in total. The van der Waals surface area contributed by atoms with Crippen molar-refractivity contribution < 1.29 is 40.8 Å². The Hall–Kier alpha value is -2.00. The van der Waals surface area contributed by atoms with E-state index in [1.165, 1.54) is 13.8 Å². The molecular weight excluding hydrogens is 496 g/mol. The van der Waals surface area contributed by atoms with Crippen LogP contribution in [-0.4, -0.2) is 63.8 Å². The number of hydrogen-bond acceptors (Lipinski definition) is 10. The van der Waals surface area contributed by atoms with Crippen LogP contribution in [-0.2, 0) is 38.0 Å². The maximum Gasteiger partial charge on any atom is 0.421 e. The number of nitrogens with one attached hydrogen (secondary N) is 1. The van der Waals surface area contributed by atoms with Gasteiger partial charge in [0.25, 0.3) is 0 Å². The summed E-state index contributed by atoms with van der Waals surface area (Å²) in [6.45, 7) is 5.20. The van der Waals surface area contributed by atoms with Crippen LogP contribution >= 0.6 is 0 Å². The Bertz CT molecular complexity index is 799. The lowest BCUT2D eigenvalue weighted by atomic mass is 9.85. The minimum absolute atomic E-state index is 0.176. The fourth-order valence-corrected chi connectivity index (χ4v) is 4.45. The summed E-state index contributed by atoms with van der Waals surface area (Å²) < 4.78 is 39.8. The second-order valence-electron chi connectivity index (χ2n) is 9.45. The highest BCUT2D eigenvalue weighted by molar-refractivity contribution is 7.81. The van der Waals surface area contributed by atoms with Crippen LogP contribution in [0.3, 0.4) is 0 Å². The molecule has 0 radical (unpaired) electrons. The van der Waals surface area contributed by atoms with E-state index in [9.17, 15) is 22.8 Å². The fraction of sp³-hybridized carbons (Fsp3) is 0.864. The molecule has 0 unspecified atom stereocenters. The van der Waals surface area contributed by atoms with Crippen molar-refractivity contribution in [1.29, 1.82) is 0 Å². The highest BCUT2D eigenvalue weighted by Crippen LogP contribution is 2.29. The van der Waals surface area contributed by atoms with Gasteiger partial charge in [-0.25, -0.2) is 14.5 Å². The van der Waals surface area contributed by atoms with Gasteiger partial charge in [0, 0.05) is 12.5 Å². The SMILES string of the molecule is CCCCCCCOC(=O)C(C)(C)COS(=O)(=O)ON(C(N)=O)[C@H]1CC[C@H](C(=O)NOCCN)CC1. The molecule has 1 saturated carbocycles. The van der Waals surface area contributed by atoms with Crippen LogP contribution in [0.5, 0.6) is 0 Å². The number of hydroxylamine groups is 3. The van der Waals surface area contributed by atoms with Crippen molar-refractivity contribution in [3.05, 3.63) is 0 Å². The zero-order valence-electron chi connectivity index (χ0n) is 21.5.